The number of amides is 1. The lowest BCUT2D eigenvalue weighted by Gasteiger charge is -2.32. The summed E-state index contributed by atoms with van der Waals surface area (Å²) in [6.45, 7) is 2.24. The molecule has 1 amide bonds. The molecule has 1 aliphatic rings. The van der Waals surface area contributed by atoms with Gasteiger partial charge in [-0.3, -0.25) is 4.79 Å². The van der Waals surface area contributed by atoms with E-state index in [0.29, 0.717) is 44.1 Å². The molecule has 2 N–H and O–H groups in total. The van der Waals surface area contributed by atoms with Crippen LogP contribution in [0.15, 0.2) is 48.5 Å². The minimum atomic E-state index is -0.507. The van der Waals surface area contributed by atoms with Crippen LogP contribution in [0.1, 0.15) is 41.1 Å². The Bertz CT molecular complexity index is 728. The third-order valence-electron chi connectivity index (χ3n) is 4.84. The summed E-state index contributed by atoms with van der Waals surface area (Å²) < 4.78 is 19.5. The van der Waals surface area contributed by atoms with Gasteiger partial charge in [0.25, 0.3) is 5.91 Å². The van der Waals surface area contributed by atoms with Gasteiger partial charge in [0.1, 0.15) is 0 Å². The normalized spacial score (nSPS) is 15.1. The monoisotopic (exact) mass is 356 g/mol. The van der Waals surface area contributed by atoms with Gasteiger partial charge in [-0.05, 0) is 55.5 Å². The van der Waals surface area contributed by atoms with E-state index in [4.69, 9.17) is 10.5 Å². The number of rotatable bonds is 6. The van der Waals surface area contributed by atoms with E-state index >= 15 is 0 Å². The van der Waals surface area contributed by atoms with Gasteiger partial charge in [-0.1, -0.05) is 30.3 Å². The quantitative estimate of drug-likeness (QED) is 0.805. The molecule has 4 nitrogen and oxygen atoms in total. The van der Waals surface area contributed by atoms with Crippen molar-refractivity contribution >= 4 is 5.91 Å². The highest BCUT2D eigenvalue weighted by Gasteiger charge is 2.25. The number of hydrogen-bond donors (Lipinski definition) is 1. The third kappa shape index (κ3) is 4.41. The second kappa shape index (κ2) is 8.81. The molecular formula is C21H25FN2O2. The average Bonchev–Trinajstić information content (AvgIpc) is 2.69. The number of ether oxygens (including phenoxy) is 1. The Morgan fingerprint density at radius 3 is 2.54 bits per heavy atom. The fourth-order valence-corrected chi connectivity index (χ4v) is 3.34. The molecule has 2 aromatic carbocycles. The summed E-state index contributed by atoms with van der Waals surface area (Å²) in [7, 11) is 0. The van der Waals surface area contributed by atoms with Crippen LogP contribution in [0, 0.1) is 5.82 Å². The number of halogens is 1. The van der Waals surface area contributed by atoms with Gasteiger partial charge in [0.2, 0.25) is 0 Å². The predicted octanol–water partition coefficient (Wildman–Crippen LogP) is 3.57. The molecule has 26 heavy (non-hydrogen) atoms. The standard InChI is InChI=1S/C21H25FN2O2/c22-19-15-18(7-8-20(19)26-14-4-11-23)21(25)24-12-9-17(10-13-24)16-5-2-1-3-6-16/h1-3,5-8,15,17H,4,9-14,23H2. The van der Waals surface area contributed by atoms with E-state index in [0.717, 1.165) is 12.8 Å². The number of carbonyl (C=O) groups is 1. The Balaban J connectivity index is 1.59. The maximum absolute atomic E-state index is 14.2. The fraction of sp³-hybridized carbons (Fsp3) is 0.381. The molecule has 5 heteroatoms. The van der Waals surface area contributed by atoms with E-state index in [1.54, 1.807) is 6.07 Å². The van der Waals surface area contributed by atoms with Crippen LogP contribution in [-0.2, 0) is 0 Å². The van der Waals surface area contributed by atoms with E-state index in [1.165, 1.54) is 17.7 Å². The van der Waals surface area contributed by atoms with Gasteiger partial charge in [0.05, 0.1) is 6.61 Å². The molecule has 138 valence electrons. The highest BCUT2D eigenvalue weighted by molar-refractivity contribution is 5.94. The van der Waals surface area contributed by atoms with Crippen molar-refractivity contribution in [2.45, 2.75) is 25.2 Å². The van der Waals surface area contributed by atoms with Crippen molar-refractivity contribution in [1.29, 1.82) is 0 Å². The minimum Gasteiger partial charge on any atom is -0.490 e. The molecule has 2 aromatic rings. The Morgan fingerprint density at radius 1 is 1.15 bits per heavy atom. The lowest BCUT2D eigenvalue weighted by atomic mass is 9.89. The molecule has 3 rings (SSSR count). The highest BCUT2D eigenvalue weighted by atomic mass is 19.1. The second-order valence-corrected chi connectivity index (χ2v) is 6.61. The SMILES string of the molecule is NCCCOc1ccc(C(=O)N2CCC(c3ccccc3)CC2)cc1F. The van der Waals surface area contributed by atoms with Gasteiger partial charge in [-0.25, -0.2) is 4.39 Å². The Kier molecular flexibility index (Phi) is 6.23. The average molecular weight is 356 g/mol. The van der Waals surface area contributed by atoms with Crippen LogP contribution in [0.4, 0.5) is 4.39 Å². The highest BCUT2D eigenvalue weighted by Crippen LogP contribution is 2.29. The summed E-state index contributed by atoms with van der Waals surface area (Å²) in [6, 6.07) is 14.8. The summed E-state index contributed by atoms with van der Waals surface area (Å²) in [6.07, 6.45) is 2.52. The first-order valence-electron chi connectivity index (χ1n) is 9.15. The largest absolute Gasteiger partial charge is 0.490 e. The Hall–Kier alpha value is -2.40. The molecule has 0 saturated carbocycles. The molecular weight excluding hydrogens is 331 g/mol. The molecule has 1 aliphatic heterocycles. The number of carbonyl (C=O) groups excluding carboxylic acids is 1. The fourth-order valence-electron chi connectivity index (χ4n) is 3.34. The van der Waals surface area contributed by atoms with E-state index in [-0.39, 0.29) is 11.7 Å². The van der Waals surface area contributed by atoms with Crippen molar-refractivity contribution in [2.24, 2.45) is 5.73 Å². The number of piperidine rings is 1. The van der Waals surface area contributed by atoms with E-state index < -0.39 is 5.82 Å². The number of hydrogen-bond acceptors (Lipinski definition) is 3. The molecule has 0 atom stereocenters. The molecule has 0 aliphatic carbocycles. The predicted molar refractivity (Wildman–Crippen MR) is 99.9 cm³/mol. The van der Waals surface area contributed by atoms with Crippen LogP contribution in [0.2, 0.25) is 0 Å². The zero-order valence-electron chi connectivity index (χ0n) is 14.9. The first-order chi connectivity index (χ1) is 12.7. The van der Waals surface area contributed by atoms with Crippen LogP contribution >= 0.6 is 0 Å². The van der Waals surface area contributed by atoms with Crippen molar-refractivity contribution < 1.29 is 13.9 Å². The zero-order chi connectivity index (χ0) is 18.4. The molecule has 1 heterocycles. The van der Waals surface area contributed by atoms with Crippen molar-refractivity contribution in [3.8, 4) is 5.75 Å². The summed E-state index contributed by atoms with van der Waals surface area (Å²) in [5, 5.41) is 0. The molecule has 0 unspecified atom stereocenters. The third-order valence-corrected chi connectivity index (χ3v) is 4.84. The van der Waals surface area contributed by atoms with Gasteiger partial charge in [-0.15, -0.1) is 0 Å². The van der Waals surface area contributed by atoms with E-state index in [2.05, 4.69) is 12.1 Å². The number of nitrogens with two attached hydrogens (primary N) is 1. The van der Waals surface area contributed by atoms with Crippen LogP contribution < -0.4 is 10.5 Å². The molecule has 0 radical (unpaired) electrons. The van der Waals surface area contributed by atoms with E-state index in [1.807, 2.05) is 23.1 Å². The van der Waals surface area contributed by atoms with Gasteiger partial charge in [0, 0.05) is 18.7 Å². The van der Waals surface area contributed by atoms with Gasteiger partial charge >= 0.3 is 0 Å². The first-order valence-corrected chi connectivity index (χ1v) is 9.15. The molecule has 0 bridgehead atoms. The molecule has 1 fully saturated rings. The second-order valence-electron chi connectivity index (χ2n) is 6.61. The van der Waals surface area contributed by atoms with E-state index in [9.17, 15) is 9.18 Å². The van der Waals surface area contributed by atoms with Crippen LogP contribution in [-0.4, -0.2) is 37.0 Å². The maximum atomic E-state index is 14.2. The van der Waals surface area contributed by atoms with Gasteiger partial charge in [-0.2, -0.15) is 0 Å². The molecule has 1 saturated heterocycles. The minimum absolute atomic E-state index is 0.121. The maximum Gasteiger partial charge on any atom is 0.253 e. The molecule has 0 aromatic heterocycles. The van der Waals surface area contributed by atoms with Crippen LogP contribution in [0.5, 0.6) is 5.75 Å². The number of benzene rings is 2. The van der Waals surface area contributed by atoms with Gasteiger partial charge in [0.15, 0.2) is 11.6 Å². The summed E-state index contributed by atoms with van der Waals surface area (Å²) in [4.78, 5) is 14.5. The first kappa shape index (κ1) is 18.4. The molecule has 0 spiro atoms. The zero-order valence-corrected chi connectivity index (χ0v) is 14.9. The smallest absolute Gasteiger partial charge is 0.253 e. The Morgan fingerprint density at radius 2 is 1.88 bits per heavy atom. The lowest BCUT2D eigenvalue weighted by Crippen LogP contribution is -2.37. The van der Waals surface area contributed by atoms with Crippen LogP contribution in [0.3, 0.4) is 0 Å². The topological polar surface area (TPSA) is 55.6 Å². The van der Waals surface area contributed by atoms with Crippen molar-refractivity contribution in [3.05, 3.63) is 65.5 Å². The summed E-state index contributed by atoms with van der Waals surface area (Å²) in [5.41, 5.74) is 7.09. The number of nitrogens with zero attached hydrogens (tertiary/aromatic N) is 1. The summed E-state index contributed by atoms with van der Waals surface area (Å²) >= 11 is 0. The summed E-state index contributed by atoms with van der Waals surface area (Å²) in [5.74, 6) is 0.0176. The van der Waals surface area contributed by atoms with Crippen molar-refractivity contribution in [1.82, 2.24) is 4.90 Å². The van der Waals surface area contributed by atoms with Gasteiger partial charge < -0.3 is 15.4 Å². The van der Waals surface area contributed by atoms with Crippen molar-refractivity contribution in [2.75, 3.05) is 26.2 Å². The number of likely N-dealkylation sites (tertiary alicyclic amines) is 1. The van der Waals surface area contributed by atoms with Crippen molar-refractivity contribution in [3.63, 3.8) is 0 Å². The van der Waals surface area contributed by atoms with Crippen LogP contribution in [0.25, 0.3) is 0 Å². The Labute approximate surface area is 153 Å². The lowest BCUT2D eigenvalue weighted by molar-refractivity contribution is 0.0712.